The van der Waals surface area contributed by atoms with E-state index < -0.39 is 86.8 Å². The summed E-state index contributed by atoms with van der Waals surface area (Å²) >= 11 is 0. The van der Waals surface area contributed by atoms with E-state index in [2.05, 4.69) is 19.2 Å². The van der Waals surface area contributed by atoms with E-state index in [1.54, 1.807) is 0 Å². The standard InChI is InChI=1S/C66H129NO13/c1-3-5-7-9-11-13-15-17-19-21-23-24-25-26-27-28-29-30-32-33-35-37-39-41-43-45-47-49-55(70)54(67-58(71)50-48-46-44-42-40-38-36-34-31-22-20-18-16-14-12-10-8-6-4-2)53-77-65-63(76)61(74)64(57(52-69)79-65)80-66-62(75)60(73)59(72)56(51-68)78-66/h54-57,59-66,68-70,72-76H,3-53H2,1-2H3,(H,67,71). The average molecular weight is 1140 g/mol. The number of rotatable bonds is 57. The number of amides is 1. The summed E-state index contributed by atoms with van der Waals surface area (Å²) in [6.45, 7) is 2.92. The molecule has 0 spiro atoms. The lowest BCUT2D eigenvalue weighted by molar-refractivity contribution is -0.359. The van der Waals surface area contributed by atoms with Crippen molar-refractivity contribution in [1.82, 2.24) is 5.32 Å². The topological polar surface area (TPSA) is 228 Å². The molecular formula is C66H129NO13. The van der Waals surface area contributed by atoms with Gasteiger partial charge >= 0.3 is 0 Å². The lowest BCUT2D eigenvalue weighted by Gasteiger charge is -2.46. The molecule has 12 atom stereocenters. The molecule has 476 valence electrons. The van der Waals surface area contributed by atoms with Crippen LogP contribution in [0.4, 0.5) is 0 Å². The number of aliphatic hydroxyl groups excluding tert-OH is 8. The van der Waals surface area contributed by atoms with Crippen LogP contribution in [0.25, 0.3) is 0 Å². The number of nitrogens with one attached hydrogen (secondary N) is 1. The Morgan fingerprint density at radius 1 is 0.400 bits per heavy atom. The zero-order valence-electron chi connectivity index (χ0n) is 51.6. The predicted octanol–water partition coefficient (Wildman–Crippen LogP) is 13.2. The molecule has 2 rings (SSSR count). The van der Waals surface area contributed by atoms with Crippen molar-refractivity contribution >= 4 is 5.91 Å². The van der Waals surface area contributed by atoms with Gasteiger partial charge in [0.1, 0.15) is 48.8 Å². The van der Waals surface area contributed by atoms with Crippen LogP contribution in [0.5, 0.6) is 0 Å². The summed E-state index contributed by atoms with van der Waals surface area (Å²) in [5.41, 5.74) is 0. The van der Waals surface area contributed by atoms with Gasteiger partial charge in [0.05, 0.1) is 32.0 Å². The molecule has 80 heavy (non-hydrogen) atoms. The summed E-state index contributed by atoms with van der Waals surface area (Å²) in [5, 5.41) is 87.5. The molecule has 2 heterocycles. The predicted molar refractivity (Wildman–Crippen MR) is 323 cm³/mol. The molecule has 0 radical (unpaired) electrons. The maximum Gasteiger partial charge on any atom is 0.220 e. The quantitative estimate of drug-likeness (QED) is 0.0259. The van der Waals surface area contributed by atoms with E-state index in [-0.39, 0.29) is 12.5 Å². The Morgan fingerprint density at radius 3 is 1.06 bits per heavy atom. The van der Waals surface area contributed by atoms with Gasteiger partial charge in [0, 0.05) is 6.42 Å². The molecule has 0 aromatic carbocycles. The fraction of sp³-hybridized carbons (Fsp3) is 0.985. The highest BCUT2D eigenvalue weighted by Gasteiger charge is 2.51. The Balaban J connectivity index is 1.67. The van der Waals surface area contributed by atoms with Crippen molar-refractivity contribution in [2.45, 2.75) is 396 Å². The van der Waals surface area contributed by atoms with Gasteiger partial charge in [-0.05, 0) is 12.8 Å². The number of hydrogen-bond acceptors (Lipinski definition) is 13. The molecule has 2 aliphatic heterocycles. The molecule has 2 aliphatic rings. The SMILES string of the molecule is CCCCCCCCCCCCCCCCCCCCCCCCCCCCCC(O)C(COC1OC(CO)C(OC2OC(CO)C(O)C(O)C2O)C(O)C1O)NC(=O)CCCCCCCCCCCCCCCCCCCCC. The lowest BCUT2D eigenvalue weighted by Crippen LogP contribution is -2.65. The van der Waals surface area contributed by atoms with Gasteiger partial charge in [0.15, 0.2) is 12.6 Å². The van der Waals surface area contributed by atoms with Gasteiger partial charge in [0.25, 0.3) is 0 Å². The second kappa shape index (κ2) is 52.3. The number of aliphatic hydroxyl groups is 8. The Morgan fingerprint density at radius 2 is 0.713 bits per heavy atom. The molecule has 1 amide bonds. The first kappa shape index (κ1) is 75.1. The van der Waals surface area contributed by atoms with Crippen LogP contribution in [0, 0.1) is 0 Å². The van der Waals surface area contributed by atoms with Crippen molar-refractivity contribution in [2.24, 2.45) is 0 Å². The van der Waals surface area contributed by atoms with Gasteiger partial charge in [-0.2, -0.15) is 0 Å². The van der Waals surface area contributed by atoms with Crippen LogP contribution >= 0.6 is 0 Å². The molecule has 12 unspecified atom stereocenters. The Kier molecular flexibility index (Phi) is 49.1. The fourth-order valence-electron chi connectivity index (χ4n) is 11.8. The smallest absolute Gasteiger partial charge is 0.220 e. The lowest BCUT2D eigenvalue weighted by atomic mass is 9.97. The molecule has 2 fully saturated rings. The average Bonchev–Trinajstić information content (AvgIpc) is 3.46. The van der Waals surface area contributed by atoms with E-state index in [0.717, 1.165) is 51.4 Å². The molecule has 0 bridgehead atoms. The summed E-state index contributed by atoms with van der Waals surface area (Å²) in [6.07, 6.45) is 44.0. The third-order valence-electron chi connectivity index (χ3n) is 17.3. The number of ether oxygens (including phenoxy) is 4. The molecule has 0 aliphatic carbocycles. The minimum absolute atomic E-state index is 0.198. The van der Waals surface area contributed by atoms with Crippen molar-refractivity contribution < 1.29 is 64.6 Å². The number of carbonyl (C=O) groups is 1. The first-order valence-electron chi connectivity index (χ1n) is 34.3. The summed E-state index contributed by atoms with van der Waals surface area (Å²) in [7, 11) is 0. The number of unbranched alkanes of at least 4 members (excludes halogenated alkanes) is 44. The molecule has 0 saturated carbocycles. The van der Waals surface area contributed by atoms with Crippen LogP contribution in [0.1, 0.15) is 322 Å². The zero-order chi connectivity index (χ0) is 58.1. The van der Waals surface area contributed by atoms with Crippen LogP contribution in [-0.4, -0.2) is 140 Å². The minimum atomic E-state index is -1.78. The first-order valence-corrected chi connectivity index (χ1v) is 34.3. The molecule has 9 N–H and O–H groups in total. The summed E-state index contributed by atoms with van der Waals surface area (Å²) in [6, 6.07) is -0.824. The second-order valence-electron chi connectivity index (χ2n) is 24.7. The van der Waals surface area contributed by atoms with Gasteiger partial charge in [-0.1, -0.05) is 303 Å². The van der Waals surface area contributed by atoms with Crippen molar-refractivity contribution in [2.75, 3.05) is 19.8 Å². The van der Waals surface area contributed by atoms with Gasteiger partial charge in [-0.3, -0.25) is 4.79 Å². The van der Waals surface area contributed by atoms with Crippen LogP contribution in [-0.2, 0) is 23.7 Å². The third kappa shape index (κ3) is 36.7. The van der Waals surface area contributed by atoms with Crippen LogP contribution < -0.4 is 5.32 Å². The minimum Gasteiger partial charge on any atom is -0.394 e. The van der Waals surface area contributed by atoms with Gasteiger partial charge in [0.2, 0.25) is 5.91 Å². The van der Waals surface area contributed by atoms with E-state index in [1.807, 2.05) is 0 Å². The Bertz CT molecular complexity index is 1350. The Labute approximate surface area is 489 Å². The normalized spacial score (nSPS) is 24.1. The highest BCUT2D eigenvalue weighted by Crippen LogP contribution is 2.30. The van der Waals surface area contributed by atoms with E-state index in [4.69, 9.17) is 18.9 Å². The monoisotopic (exact) mass is 1140 g/mol. The van der Waals surface area contributed by atoms with Crippen molar-refractivity contribution in [1.29, 1.82) is 0 Å². The van der Waals surface area contributed by atoms with Crippen LogP contribution in [0.3, 0.4) is 0 Å². The van der Waals surface area contributed by atoms with E-state index in [9.17, 15) is 45.6 Å². The van der Waals surface area contributed by atoms with Crippen molar-refractivity contribution in [3.05, 3.63) is 0 Å². The zero-order valence-corrected chi connectivity index (χ0v) is 51.6. The van der Waals surface area contributed by atoms with Crippen LogP contribution in [0.2, 0.25) is 0 Å². The summed E-state index contributed by atoms with van der Waals surface area (Å²) in [5.74, 6) is -0.198. The molecule has 14 heteroatoms. The van der Waals surface area contributed by atoms with E-state index in [1.165, 1.54) is 244 Å². The molecule has 2 saturated heterocycles. The summed E-state index contributed by atoms with van der Waals surface area (Å²) < 4.78 is 22.9. The fourth-order valence-corrected chi connectivity index (χ4v) is 11.8. The van der Waals surface area contributed by atoms with Crippen molar-refractivity contribution in [3.8, 4) is 0 Å². The van der Waals surface area contributed by atoms with E-state index >= 15 is 0 Å². The molecule has 0 aromatic heterocycles. The molecule has 14 nitrogen and oxygen atoms in total. The number of carbonyl (C=O) groups excluding carboxylic acids is 1. The number of hydrogen-bond donors (Lipinski definition) is 9. The highest BCUT2D eigenvalue weighted by atomic mass is 16.7. The van der Waals surface area contributed by atoms with Gasteiger partial charge < -0.3 is 65.1 Å². The highest BCUT2D eigenvalue weighted by molar-refractivity contribution is 5.76. The molecular weight excluding hydrogens is 1010 g/mol. The van der Waals surface area contributed by atoms with E-state index in [0.29, 0.717) is 12.8 Å². The Hall–Kier alpha value is -1.01. The third-order valence-corrected chi connectivity index (χ3v) is 17.3. The molecule has 0 aromatic rings. The maximum atomic E-state index is 13.3. The summed E-state index contributed by atoms with van der Waals surface area (Å²) in [4.78, 5) is 13.3. The second-order valence-corrected chi connectivity index (χ2v) is 24.7. The van der Waals surface area contributed by atoms with Crippen molar-refractivity contribution in [3.63, 3.8) is 0 Å². The first-order chi connectivity index (χ1) is 39.1. The van der Waals surface area contributed by atoms with Crippen LogP contribution in [0.15, 0.2) is 0 Å². The maximum absolute atomic E-state index is 13.3. The largest absolute Gasteiger partial charge is 0.394 e. The van der Waals surface area contributed by atoms with Gasteiger partial charge in [-0.25, -0.2) is 0 Å². The van der Waals surface area contributed by atoms with Gasteiger partial charge in [-0.15, -0.1) is 0 Å².